The van der Waals surface area contributed by atoms with E-state index in [2.05, 4.69) is 29.8 Å². The van der Waals surface area contributed by atoms with Gasteiger partial charge in [-0.1, -0.05) is 24.3 Å². The molecule has 0 saturated heterocycles. The van der Waals surface area contributed by atoms with Crippen molar-refractivity contribution in [3.63, 3.8) is 0 Å². The highest BCUT2D eigenvalue weighted by molar-refractivity contribution is 7.88. The third-order valence-electron chi connectivity index (χ3n) is 9.70. The molecule has 2 aliphatic carbocycles. The van der Waals surface area contributed by atoms with Crippen LogP contribution in [0.15, 0.2) is 86.0 Å². The monoisotopic (exact) mass is 925 g/mol. The smallest absolute Gasteiger partial charge is 0.348 e. The Balaban J connectivity index is 0.000000174. The Kier molecular flexibility index (Phi) is 14.1. The molecule has 4 aliphatic rings. The van der Waals surface area contributed by atoms with E-state index in [1.807, 2.05) is 30.4 Å². The number of rotatable bonds is 11. The Bertz CT molecular complexity index is 2660. The Morgan fingerprint density at radius 1 is 0.758 bits per heavy atom. The lowest BCUT2D eigenvalue weighted by Gasteiger charge is -2.25. The predicted molar refractivity (Wildman–Crippen MR) is 216 cm³/mol. The number of halogens is 3. The fraction of sp³-hybridized carbons (Fsp3) is 0.405. The van der Waals surface area contributed by atoms with Crippen LogP contribution in [-0.2, 0) is 41.8 Å². The highest BCUT2D eigenvalue weighted by atomic mass is 32.2. The molecule has 2 saturated carbocycles. The molecule has 0 atom stereocenters. The summed E-state index contributed by atoms with van der Waals surface area (Å²) in [5.74, 6) is -0.310. The zero-order valence-corrected chi connectivity index (χ0v) is 35.9. The van der Waals surface area contributed by atoms with Crippen LogP contribution in [-0.4, -0.2) is 119 Å². The minimum atomic E-state index is -5.34. The molecule has 0 unspecified atom stereocenters. The molecule has 2 aliphatic heterocycles. The first-order valence-corrected chi connectivity index (χ1v) is 23.3. The number of amides is 2. The molecule has 2 amide bonds. The summed E-state index contributed by atoms with van der Waals surface area (Å²) in [4.78, 5) is 37.1. The van der Waals surface area contributed by atoms with Gasteiger partial charge in [0.05, 0.1) is 25.5 Å². The lowest BCUT2D eigenvalue weighted by molar-refractivity contribution is -0.670. The molecular weight excluding hydrogens is 882 g/mol. The molecule has 0 spiro atoms. The maximum atomic E-state index is 12.7. The van der Waals surface area contributed by atoms with E-state index in [1.54, 1.807) is 36.0 Å². The molecule has 2 fully saturated rings. The van der Waals surface area contributed by atoms with Crippen LogP contribution in [0.5, 0.6) is 0 Å². The average molecular weight is 926 g/mol. The molecule has 0 bridgehead atoms. The van der Waals surface area contributed by atoms with Crippen molar-refractivity contribution in [2.45, 2.75) is 56.1 Å². The normalized spacial score (nSPS) is 17.6. The molecule has 25 heteroatoms. The lowest BCUT2D eigenvalue weighted by atomic mass is 10.1. The zero-order valence-electron chi connectivity index (χ0n) is 33.4. The van der Waals surface area contributed by atoms with Crippen LogP contribution in [0.2, 0.25) is 0 Å². The minimum Gasteiger partial charge on any atom is -0.348 e. The van der Waals surface area contributed by atoms with Gasteiger partial charge in [0.25, 0.3) is 18.1 Å². The summed E-state index contributed by atoms with van der Waals surface area (Å²) in [5, 5.41) is 5.86. The SMILES string of the molecule is COS(=O)(=O)C(F)(F)F.C[n+]1ccn(S(=O)(=O)N2CC=C(c3cccc(C(=O)NC4CC4)n3)CC2)c1.O=C(NC1CC1)c1cccc(C2=CCN(S(=O)(=O)n3ccnc3)CC2)n1. The third-order valence-corrected chi connectivity index (χ3v) is 14.2. The number of aryl methyl sites for hydroxylation is 1. The van der Waals surface area contributed by atoms with Gasteiger partial charge in [0, 0.05) is 50.7 Å². The van der Waals surface area contributed by atoms with E-state index in [9.17, 15) is 48.0 Å². The van der Waals surface area contributed by atoms with Gasteiger partial charge in [-0.15, -0.1) is 3.97 Å². The number of nitrogens with one attached hydrogen (secondary N) is 2. The average Bonchev–Trinajstić information content (AvgIpc) is 4.15. The van der Waals surface area contributed by atoms with Gasteiger partial charge in [-0.05, 0) is 73.9 Å². The molecule has 4 aromatic rings. The van der Waals surface area contributed by atoms with Crippen molar-refractivity contribution in [2.24, 2.45) is 7.05 Å². The summed E-state index contributed by atoms with van der Waals surface area (Å²) in [5.41, 5.74) is -1.17. The van der Waals surface area contributed by atoms with E-state index in [0.29, 0.717) is 50.1 Å². The molecule has 4 aromatic heterocycles. The Morgan fingerprint density at radius 2 is 1.24 bits per heavy atom. The van der Waals surface area contributed by atoms with Crippen LogP contribution in [0.1, 0.15) is 70.9 Å². The standard InChI is InChI=1S/C18H21N5O3S.C17H19N5O3S.C2H3F3O3S/c1-21-11-12-23(13-21)27(25,26)22-9-7-14(8-10-22)16-3-2-4-17(20-16)18(24)19-15-5-6-15;23-17(19-14-4-5-14)16-3-1-2-15(20-16)13-6-9-21(10-7-13)26(24,25)22-11-8-18-12-22;1-8-9(6,7)2(3,4)5/h2-4,7,11-13,15H,5-6,8-10H2,1H3;1-3,6,8,11-12,14H,4-5,7,9-10H2,(H,19,23);1H3/p+1. The van der Waals surface area contributed by atoms with Crippen molar-refractivity contribution >= 4 is 53.5 Å². The Labute approximate surface area is 356 Å². The maximum Gasteiger partial charge on any atom is 0.523 e. The number of imidazole rings is 2. The Hall–Kier alpha value is -5.34. The fourth-order valence-corrected chi connectivity index (χ4v) is 8.70. The first-order valence-electron chi connectivity index (χ1n) is 19.1. The van der Waals surface area contributed by atoms with Crippen molar-refractivity contribution in [3.8, 4) is 0 Å². The van der Waals surface area contributed by atoms with Crippen molar-refractivity contribution in [1.82, 2.24) is 42.1 Å². The number of alkyl halides is 3. The fourth-order valence-electron chi connectivity index (χ4n) is 5.95. The van der Waals surface area contributed by atoms with Crippen LogP contribution in [0.3, 0.4) is 0 Å². The Morgan fingerprint density at radius 3 is 1.58 bits per heavy atom. The lowest BCUT2D eigenvalue weighted by Crippen LogP contribution is -2.38. The number of aromatic nitrogens is 6. The van der Waals surface area contributed by atoms with Crippen molar-refractivity contribution < 1.29 is 56.8 Å². The van der Waals surface area contributed by atoms with Gasteiger partial charge in [0.1, 0.15) is 30.1 Å². The van der Waals surface area contributed by atoms with E-state index in [1.165, 1.54) is 43.8 Å². The second-order valence-electron chi connectivity index (χ2n) is 14.4. The molecule has 19 nitrogen and oxygen atoms in total. The van der Waals surface area contributed by atoms with E-state index in [4.69, 9.17) is 0 Å². The van der Waals surface area contributed by atoms with Gasteiger partial charge < -0.3 is 10.6 Å². The molecule has 6 heterocycles. The van der Waals surface area contributed by atoms with E-state index in [-0.39, 0.29) is 37.0 Å². The van der Waals surface area contributed by atoms with Crippen LogP contribution in [0.4, 0.5) is 13.2 Å². The second-order valence-corrected chi connectivity index (χ2v) is 19.7. The van der Waals surface area contributed by atoms with E-state index < -0.39 is 36.0 Å². The second kappa shape index (κ2) is 19.0. The van der Waals surface area contributed by atoms with Crippen LogP contribution in [0, 0.1) is 0 Å². The van der Waals surface area contributed by atoms with Crippen molar-refractivity contribution in [3.05, 3.63) is 109 Å². The first-order chi connectivity index (χ1) is 29.3. The molecule has 0 radical (unpaired) electrons. The summed E-state index contributed by atoms with van der Waals surface area (Å²) in [6.07, 6.45) is 17.8. The number of hydrogen-bond acceptors (Lipinski definition) is 12. The van der Waals surface area contributed by atoms with Gasteiger partial charge in [0.2, 0.25) is 0 Å². The number of carbonyl (C=O) groups is 2. The van der Waals surface area contributed by atoms with Crippen LogP contribution < -0.4 is 15.2 Å². The minimum absolute atomic E-state index is 0.152. The number of nitrogens with zero attached hydrogens (tertiary/aromatic N) is 8. The molecular formula is C37H44F3N10O9S3+. The molecule has 334 valence electrons. The highest BCUT2D eigenvalue weighted by Crippen LogP contribution is 2.26. The summed E-state index contributed by atoms with van der Waals surface area (Å²) < 4.78 is 113. The van der Waals surface area contributed by atoms with E-state index in [0.717, 1.165) is 46.5 Å². The number of hydrogen-bond donors (Lipinski definition) is 2. The largest absolute Gasteiger partial charge is 0.523 e. The van der Waals surface area contributed by atoms with Gasteiger partial charge in [-0.2, -0.15) is 47.0 Å². The van der Waals surface area contributed by atoms with Gasteiger partial charge in [0.15, 0.2) is 0 Å². The molecule has 2 N–H and O–H groups in total. The summed E-state index contributed by atoms with van der Waals surface area (Å²) in [6, 6.07) is 11.3. The topological polar surface area (TPSA) is 229 Å². The highest BCUT2D eigenvalue weighted by Gasteiger charge is 2.46. The third kappa shape index (κ3) is 11.6. The summed E-state index contributed by atoms with van der Waals surface area (Å²) in [7, 11) is -10.3. The predicted octanol–water partition coefficient (Wildman–Crippen LogP) is 2.02. The van der Waals surface area contributed by atoms with Crippen LogP contribution in [0.25, 0.3) is 11.1 Å². The van der Waals surface area contributed by atoms with Crippen molar-refractivity contribution in [1.29, 1.82) is 0 Å². The zero-order chi connectivity index (χ0) is 44.9. The van der Waals surface area contributed by atoms with E-state index >= 15 is 0 Å². The van der Waals surface area contributed by atoms with Gasteiger partial charge in [-0.25, -0.2) is 23.5 Å². The number of pyridine rings is 2. The van der Waals surface area contributed by atoms with Crippen LogP contribution >= 0.6 is 0 Å². The van der Waals surface area contributed by atoms with Gasteiger partial charge in [-0.3, -0.25) is 13.8 Å². The first kappa shape index (κ1) is 46.2. The number of carbonyl (C=O) groups excluding carboxylic acids is 2. The quantitative estimate of drug-likeness (QED) is 0.125. The maximum absolute atomic E-state index is 12.7. The molecule has 62 heavy (non-hydrogen) atoms. The van der Waals surface area contributed by atoms with Crippen molar-refractivity contribution in [2.75, 3.05) is 33.3 Å². The molecule has 0 aromatic carbocycles. The molecule has 8 rings (SSSR count). The van der Waals surface area contributed by atoms with Gasteiger partial charge >= 0.3 is 36.0 Å². The summed E-state index contributed by atoms with van der Waals surface area (Å²) >= 11 is 0. The summed E-state index contributed by atoms with van der Waals surface area (Å²) in [6.45, 7) is 1.26.